The SMILES string of the molecule is CC(C)Nc1cc(C(=O)O)ccc1Cl. The second kappa shape index (κ2) is 4.33. The molecule has 0 radical (unpaired) electrons. The maximum absolute atomic E-state index is 10.7. The highest BCUT2D eigenvalue weighted by Gasteiger charge is 2.07. The molecule has 0 saturated heterocycles. The lowest BCUT2D eigenvalue weighted by Crippen LogP contribution is -2.10. The maximum atomic E-state index is 10.7. The molecule has 0 atom stereocenters. The lowest BCUT2D eigenvalue weighted by atomic mass is 10.2. The Balaban J connectivity index is 3.02. The molecule has 0 heterocycles. The average Bonchev–Trinajstić information content (AvgIpc) is 2.07. The lowest BCUT2D eigenvalue weighted by Gasteiger charge is -2.11. The Hall–Kier alpha value is -1.22. The van der Waals surface area contributed by atoms with Crippen LogP contribution in [0.15, 0.2) is 18.2 Å². The van der Waals surface area contributed by atoms with Gasteiger partial charge in [0.2, 0.25) is 0 Å². The molecule has 1 aromatic rings. The molecule has 14 heavy (non-hydrogen) atoms. The van der Waals surface area contributed by atoms with E-state index in [1.165, 1.54) is 12.1 Å². The summed E-state index contributed by atoms with van der Waals surface area (Å²) in [7, 11) is 0. The summed E-state index contributed by atoms with van der Waals surface area (Å²) in [5, 5.41) is 12.4. The van der Waals surface area contributed by atoms with Gasteiger partial charge in [0, 0.05) is 6.04 Å². The van der Waals surface area contributed by atoms with Crippen LogP contribution in [0.2, 0.25) is 5.02 Å². The first-order valence-electron chi connectivity index (χ1n) is 4.30. The molecule has 0 unspecified atom stereocenters. The van der Waals surface area contributed by atoms with Crippen LogP contribution in [0.3, 0.4) is 0 Å². The van der Waals surface area contributed by atoms with E-state index in [1.807, 2.05) is 13.8 Å². The number of hydrogen-bond acceptors (Lipinski definition) is 2. The number of carbonyl (C=O) groups is 1. The molecular formula is C10H12ClNO2. The zero-order valence-electron chi connectivity index (χ0n) is 8.04. The van der Waals surface area contributed by atoms with Crippen molar-refractivity contribution in [2.45, 2.75) is 19.9 Å². The van der Waals surface area contributed by atoms with E-state index < -0.39 is 5.97 Å². The molecule has 2 N–H and O–H groups in total. The van der Waals surface area contributed by atoms with Crippen molar-refractivity contribution in [1.82, 2.24) is 0 Å². The van der Waals surface area contributed by atoms with Crippen LogP contribution in [0.25, 0.3) is 0 Å². The van der Waals surface area contributed by atoms with Gasteiger partial charge in [-0.15, -0.1) is 0 Å². The summed E-state index contributed by atoms with van der Waals surface area (Å²) in [6.45, 7) is 3.92. The molecule has 3 nitrogen and oxygen atoms in total. The maximum Gasteiger partial charge on any atom is 0.335 e. The Labute approximate surface area is 87.7 Å². The number of hydrogen-bond donors (Lipinski definition) is 2. The zero-order chi connectivity index (χ0) is 10.7. The third kappa shape index (κ3) is 2.64. The first-order chi connectivity index (χ1) is 6.50. The minimum atomic E-state index is -0.950. The highest BCUT2D eigenvalue weighted by atomic mass is 35.5. The van der Waals surface area contributed by atoms with E-state index in [0.717, 1.165) is 0 Å². The predicted octanol–water partition coefficient (Wildman–Crippen LogP) is 2.86. The Morgan fingerprint density at radius 1 is 1.50 bits per heavy atom. The van der Waals surface area contributed by atoms with Crippen LogP contribution in [0.4, 0.5) is 5.69 Å². The van der Waals surface area contributed by atoms with Gasteiger partial charge in [0.05, 0.1) is 16.3 Å². The number of anilines is 1. The van der Waals surface area contributed by atoms with Gasteiger partial charge in [-0.05, 0) is 32.0 Å². The smallest absolute Gasteiger partial charge is 0.335 e. The summed E-state index contributed by atoms with van der Waals surface area (Å²) < 4.78 is 0. The van der Waals surface area contributed by atoms with Gasteiger partial charge in [0.15, 0.2) is 0 Å². The van der Waals surface area contributed by atoms with Gasteiger partial charge in [0.1, 0.15) is 0 Å². The highest BCUT2D eigenvalue weighted by Crippen LogP contribution is 2.23. The van der Waals surface area contributed by atoms with Crippen molar-refractivity contribution in [1.29, 1.82) is 0 Å². The second-order valence-corrected chi connectivity index (χ2v) is 3.71. The fourth-order valence-electron chi connectivity index (χ4n) is 1.08. The number of carboxylic acids is 1. The van der Waals surface area contributed by atoms with Crippen molar-refractivity contribution in [2.24, 2.45) is 0 Å². The lowest BCUT2D eigenvalue weighted by molar-refractivity contribution is 0.0697. The largest absolute Gasteiger partial charge is 0.478 e. The van der Waals surface area contributed by atoms with Gasteiger partial charge in [-0.25, -0.2) is 4.79 Å². The standard InChI is InChI=1S/C10H12ClNO2/c1-6(2)12-9-5-7(10(13)14)3-4-8(9)11/h3-6,12H,1-2H3,(H,13,14). The molecule has 0 spiro atoms. The van der Waals surface area contributed by atoms with Crippen LogP contribution in [0, 0.1) is 0 Å². The molecule has 0 bridgehead atoms. The van der Waals surface area contributed by atoms with Crippen LogP contribution in [0.5, 0.6) is 0 Å². The van der Waals surface area contributed by atoms with E-state index in [4.69, 9.17) is 16.7 Å². The van der Waals surface area contributed by atoms with E-state index in [2.05, 4.69) is 5.32 Å². The fourth-order valence-corrected chi connectivity index (χ4v) is 1.25. The number of nitrogens with one attached hydrogen (secondary N) is 1. The van der Waals surface area contributed by atoms with E-state index in [1.54, 1.807) is 6.07 Å². The van der Waals surface area contributed by atoms with Crippen LogP contribution < -0.4 is 5.32 Å². The average molecular weight is 214 g/mol. The molecule has 0 aliphatic carbocycles. The summed E-state index contributed by atoms with van der Waals surface area (Å²) in [6, 6.07) is 4.81. The monoisotopic (exact) mass is 213 g/mol. The predicted molar refractivity (Wildman–Crippen MR) is 57.2 cm³/mol. The number of aromatic carboxylic acids is 1. The highest BCUT2D eigenvalue weighted by molar-refractivity contribution is 6.33. The summed E-state index contributed by atoms with van der Waals surface area (Å²) >= 11 is 5.89. The fraction of sp³-hybridized carbons (Fsp3) is 0.300. The Morgan fingerprint density at radius 3 is 2.64 bits per heavy atom. The number of rotatable bonds is 3. The molecule has 1 rings (SSSR count). The molecule has 1 aromatic carbocycles. The van der Waals surface area contributed by atoms with E-state index in [9.17, 15) is 4.79 Å². The molecule has 0 aliphatic rings. The first-order valence-corrected chi connectivity index (χ1v) is 4.68. The molecule has 4 heteroatoms. The molecule has 76 valence electrons. The quantitative estimate of drug-likeness (QED) is 0.812. The van der Waals surface area contributed by atoms with Gasteiger partial charge in [0.25, 0.3) is 0 Å². The summed E-state index contributed by atoms with van der Waals surface area (Å²) in [4.78, 5) is 10.7. The van der Waals surface area contributed by atoms with Crippen molar-refractivity contribution >= 4 is 23.3 Å². The minimum Gasteiger partial charge on any atom is -0.478 e. The van der Waals surface area contributed by atoms with Crippen LogP contribution in [0.1, 0.15) is 24.2 Å². The van der Waals surface area contributed by atoms with Gasteiger partial charge in [-0.1, -0.05) is 11.6 Å². The minimum absolute atomic E-state index is 0.219. The van der Waals surface area contributed by atoms with Crippen molar-refractivity contribution in [3.8, 4) is 0 Å². The molecular weight excluding hydrogens is 202 g/mol. The number of benzene rings is 1. The third-order valence-corrected chi connectivity index (χ3v) is 1.99. The van der Waals surface area contributed by atoms with Crippen molar-refractivity contribution in [3.63, 3.8) is 0 Å². The van der Waals surface area contributed by atoms with Crippen LogP contribution in [-0.4, -0.2) is 17.1 Å². The number of halogens is 1. The molecule has 0 fully saturated rings. The Morgan fingerprint density at radius 2 is 2.14 bits per heavy atom. The molecule has 0 amide bonds. The molecule has 0 aromatic heterocycles. The second-order valence-electron chi connectivity index (χ2n) is 3.30. The summed E-state index contributed by atoms with van der Waals surface area (Å²) in [5.74, 6) is -0.950. The van der Waals surface area contributed by atoms with Crippen LogP contribution in [-0.2, 0) is 0 Å². The number of carboxylic acid groups (broad SMARTS) is 1. The van der Waals surface area contributed by atoms with E-state index in [-0.39, 0.29) is 11.6 Å². The molecule has 0 saturated carbocycles. The third-order valence-electron chi connectivity index (χ3n) is 1.66. The van der Waals surface area contributed by atoms with Crippen molar-refractivity contribution in [2.75, 3.05) is 5.32 Å². The van der Waals surface area contributed by atoms with Gasteiger partial charge >= 0.3 is 5.97 Å². The summed E-state index contributed by atoms with van der Waals surface area (Å²) in [6.07, 6.45) is 0. The first kappa shape index (κ1) is 10.9. The Kier molecular flexibility index (Phi) is 3.36. The summed E-state index contributed by atoms with van der Waals surface area (Å²) in [5.41, 5.74) is 0.888. The Bertz CT molecular complexity index is 350. The van der Waals surface area contributed by atoms with E-state index in [0.29, 0.717) is 10.7 Å². The van der Waals surface area contributed by atoms with Crippen molar-refractivity contribution in [3.05, 3.63) is 28.8 Å². The van der Waals surface area contributed by atoms with E-state index >= 15 is 0 Å². The van der Waals surface area contributed by atoms with Crippen LogP contribution >= 0.6 is 11.6 Å². The topological polar surface area (TPSA) is 49.3 Å². The molecule has 0 aliphatic heterocycles. The van der Waals surface area contributed by atoms with Gasteiger partial charge in [-0.3, -0.25) is 0 Å². The zero-order valence-corrected chi connectivity index (χ0v) is 8.80. The van der Waals surface area contributed by atoms with Gasteiger partial charge in [-0.2, -0.15) is 0 Å². The van der Waals surface area contributed by atoms with Crippen molar-refractivity contribution < 1.29 is 9.90 Å². The van der Waals surface area contributed by atoms with Gasteiger partial charge < -0.3 is 10.4 Å². The normalized spacial score (nSPS) is 10.3.